The van der Waals surface area contributed by atoms with E-state index in [1.54, 1.807) is 6.26 Å². The molecule has 0 aliphatic rings. The average Bonchev–Trinajstić information content (AvgIpc) is 2.99. The smallest absolute Gasteiger partial charge is 0.469 e. The average molecular weight is 647 g/mol. The Bertz CT molecular complexity index is 679. The van der Waals surface area contributed by atoms with Gasteiger partial charge in [-0.15, -0.1) is 0 Å². The summed E-state index contributed by atoms with van der Waals surface area (Å²) >= 11 is 0. The van der Waals surface area contributed by atoms with E-state index in [1.807, 2.05) is 6.08 Å². The van der Waals surface area contributed by atoms with Crippen molar-refractivity contribution in [1.82, 2.24) is 0 Å². The maximum atomic E-state index is 12.3. The first-order valence-corrected chi connectivity index (χ1v) is 20.1. The highest BCUT2D eigenvalue weighted by molar-refractivity contribution is 7.46. The van der Waals surface area contributed by atoms with Crippen LogP contribution in [-0.2, 0) is 23.4 Å². The Kier molecular flexibility index (Phi) is 32.8. The zero-order valence-electron chi connectivity index (χ0n) is 28.8. The largest absolute Gasteiger partial charge is 0.498 e. The van der Waals surface area contributed by atoms with E-state index in [1.165, 1.54) is 141 Å². The second-order valence-corrected chi connectivity index (χ2v) is 13.9. The maximum Gasteiger partial charge on any atom is 0.469 e. The summed E-state index contributed by atoms with van der Waals surface area (Å²) in [5.41, 5.74) is 0. The van der Waals surface area contributed by atoms with Gasteiger partial charge in [0.2, 0.25) is 0 Å². The summed E-state index contributed by atoms with van der Waals surface area (Å²) in [6.45, 7) is 4.11. The van der Waals surface area contributed by atoms with Crippen molar-refractivity contribution in [2.45, 2.75) is 200 Å². The molecule has 8 heteroatoms. The van der Waals surface area contributed by atoms with E-state index in [4.69, 9.17) is 19.3 Å². The minimum Gasteiger partial charge on any atom is -0.498 e. The number of carbonyl (C=O) groups excluding carboxylic acids is 1. The maximum absolute atomic E-state index is 12.3. The molecule has 0 spiro atoms. The van der Waals surface area contributed by atoms with Crippen molar-refractivity contribution >= 4 is 13.8 Å². The van der Waals surface area contributed by atoms with Gasteiger partial charge in [-0.3, -0.25) is 9.32 Å². The lowest BCUT2D eigenvalue weighted by Crippen LogP contribution is -2.27. The van der Waals surface area contributed by atoms with E-state index in [9.17, 15) is 9.36 Å². The fourth-order valence-electron chi connectivity index (χ4n) is 5.41. The fraction of sp³-hybridized carbons (Fsp3) is 0.917. The molecule has 0 saturated carbocycles. The predicted molar refractivity (Wildman–Crippen MR) is 184 cm³/mol. The number of esters is 1. The topological polar surface area (TPSA) is 102 Å². The van der Waals surface area contributed by atoms with Gasteiger partial charge in [0, 0.05) is 6.42 Å². The van der Waals surface area contributed by atoms with Crippen LogP contribution in [0.4, 0.5) is 0 Å². The van der Waals surface area contributed by atoms with E-state index in [2.05, 4.69) is 18.4 Å². The summed E-state index contributed by atoms with van der Waals surface area (Å²) in [5.74, 6) is -0.383. The summed E-state index contributed by atoms with van der Waals surface area (Å²) in [7, 11) is -4.66. The summed E-state index contributed by atoms with van der Waals surface area (Å²) in [6, 6.07) is 0. The zero-order valence-corrected chi connectivity index (χ0v) is 29.7. The highest BCUT2D eigenvalue weighted by atomic mass is 31.2. The van der Waals surface area contributed by atoms with Gasteiger partial charge in [0.25, 0.3) is 0 Å². The molecule has 0 aromatic carbocycles. The highest BCUT2D eigenvalue weighted by Gasteiger charge is 2.21. The third-order valence-corrected chi connectivity index (χ3v) is 8.65. The highest BCUT2D eigenvalue weighted by Crippen LogP contribution is 2.36. The van der Waals surface area contributed by atoms with Gasteiger partial charge < -0.3 is 19.3 Å². The van der Waals surface area contributed by atoms with Crippen LogP contribution < -0.4 is 0 Å². The number of ether oxygens (including phenoxy) is 2. The van der Waals surface area contributed by atoms with Crippen molar-refractivity contribution in [3.05, 3.63) is 12.3 Å². The summed E-state index contributed by atoms with van der Waals surface area (Å²) in [6.07, 6.45) is 37.2. The fourth-order valence-corrected chi connectivity index (χ4v) is 5.77. The minimum absolute atomic E-state index is 0.000571. The second-order valence-electron chi connectivity index (χ2n) is 12.6. The van der Waals surface area contributed by atoms with Crippen molar-refractivity contribution in [1.29, 1.82) is 0 Å². The molecule has 0 unspecified atom stereocenters. The molecule has 0 heterocycles. The molecule has 0 radical (unpaired) electrons. The summed E-state index contributed by atoms with van der Waals surface area (Å²) < 4.78 is 26.6. The van der Waals surface area contributed by atoms with Crippen molar-refractivity contribution in [2.75, 3.05) is 13.2 Å². The third-order valence-electron chi connectivity index (χ3n) is 8.16. The first kappa shape index (κ1) is 43.1. The van der Waals surface area contributed by atoms with Crippen molar-refractivity contribution in [3.63, 3.8) is 0 Å². The van der Waals surface area contributed by atoms with Gasteiger partial charge in [-0.2, -0.15) is 0 Å². The van der Waals surface area contributed by atoms with Crippen LogP contribution in [0, 0.1) is 0 Å². The number of unbranched alkanes of at least 4 members (excludes halogenated alkanes) is 25. The molecule has 0 aromatic rings. The molecule has 0 rings (SSSR count). The van der Waals surface area contributed by atoms with Crippen LogP contribution in [0.5, 0.6) is 0 Å². The van der Waals surface area contributed by atoms with Crippen LogP contribution in [0.25, 0.3) is 0 Å². The van der Waals surface area contributed by atoms with Gasteiger partial charge in [0.15, 0.2) is 6.10 Å². The van der Waals surface area contributed by atoms with E-state index >= 15 is 0 Å². The van der Waals surface area contributed by atoms with E-state index in [-0.39, 0.29) is 12.6 Å². The Labute approximate surface area is 271 Å². The molecular formula is C36H71O7P. The predicted octanol–water partition coefficient (Wildman–Crippen LogP) is 11.5. The lowest BCUT2D eigenvalue weighted by molar-refractivity contribution is -0.153. The van der Waals surface area contributed by atoms with Gasteiger partial charge >= 0.3 is 13.8 Å². The number of carbonyl (C=O) groups is 1. The van der Waals surface area contributed by atoms with Crippen LogP contribution in [-0.4, -0.2) is 35.1 Å². The van der Waals surface area contributed by atoms with Gasteiger partial charge in [-0.05, 0) is 25.3 Å². The SMILES string of the molecule is CCCCCCCCCCCCCCCC/C=C\OC[C@H](COP(=O)(O)O)OC(=O)CCCCCCCCCCCCCC. The van der Waals surface area contributed by atoms with Crippen LogP contribution in [0.1, 0.15) is 194 Å². The van der Waals surface area contributed by atoms with Gasteiger partial charge in [0.05, 0.1) is 12.9 Å². The monoisotopic (exact) mass is 646 g/mol. The zero-order chi connectivity index (χ0) is 32.4. The Morgan fingerprint density at radius 1 is 0.591 bits per heavy atom. The van der Waals surface area contributed by atoms with Crippen molar-refractivity contribution in [3.8, 4) is 0 Å². The molecule has 0 amide bonds. The number of phosphoric ester groups is 1. The normalized spacial score (nSPS) is 12.6. The van der Waals surface area contributed by atoms with Crippen LogP contribution in [0.2, 0.25) is 0 Å². The number of hydrogen-bond donors (Lipinski definition) is 2. The lowest BCUT2D eigenvalue weighted by atomic mass is 10.0. The molecule has 0 saturated heterocycles. The molecule has 7 nitrogen and oxygen atoms in total. The third kappa shape index (κ3) is 35.6. The van der Waals surface area contributed by atoms with Gasteiger partial charge in [0.1, 0.15) is 6.61 Å². The molecule has 0 aliphatic heterocycles. The molecule has 1 atom stereocenters. The standard InChI is InChI=1S/C36H71O7P/c1-3-5-7-9-11-13-15-17-18-19-20-22-24-26-28-30-32-41-33-35(34-42-44(38,39)40)43-36(37)31-29-27-25-23-21-16-14-12-10-8-6-4-2/h30,32,35H,3-29,31,33-34H2,1-2H3,(H2,38,39,40)/b32-30-/t35-/m1/s1. The Hall–Kier alpha value is -0.880. The lowest BCUT2D eigenvalue weighted by Gasteiger charge is -2.18. The molecule has 2 N–H and O–H groups in total. The summed E-state index contributed by atoms with van der Waals surface area (Å²) in [5, 5.41) is 0. The van der Waals surface area contributed by atoms with Crippen molar-refractivity contribution < 1.29 is 33.1 Å². The molecule has 44 heavy (non-hydrogen) atoms. The molecule has 0 aliphatic carbocycles. The molecular weight excluding hydrogens is 575 g/mol. The molecule has 0 fully saturated rings. The Balaban J connectivity index is 3.85. The first-order valence-electron chi connectivity index (χ1n) is 18.5. The quantitative estimate of drug-likeness (QED) is 0.0306. The van der Waals surface area contributed by atoms with E-state index in [0.717, 1.165) is 32.1 Å². The Morgan fingerprint density at radius 2 is 0.977 bits per heavy atom. The minimum atomic E-state index is -4.66. The van der Waals surface area contributed by atoms with E-state index < -0.39 is 20.5 Å². The summed E-state index contributed by atoms with van der Waals surface area (Å²) in [4.78, 5) is 30.4. The number of allylic oxidation sites excluding steroid dienone is 1. The molecule has 262 valence electrons. The van der Waals surface area contributed by atoms with Crippen molar-refractivity contribution in [2.24, 2.45) is 0 Å². The number of hydrogen-bond acceptors (Lipinski definition) is 5. The Morgan fingerprint density at radius 3 is 1.39 bits per heavy atom. The van der Waals surface area contributed by atoms with Crippen LogP contribution in [0.3, 0.4) is 0 Å². The molecule has 0 bridgehead atoms. The van der Waals surface area contributed by atoms with E-state index in [0.29, 0.717) is 6.42 Å². The molecule has 0 aromatic heterocycles. The second kappa shape index (κ2) is 33.5. The number of phosphoric acid groups is 1. The van der Waals surface area contributed by atoms with Gasteiger partial charge in [-0.1, -0.05) is 168 Å². The number of rotatable bonds is 35. The van der Waals surface area contributed by atoms with Gasteiger partial charge in [-0.25, -0.2) is 4.57 Å². The first-order chi connectivity index (χ1) is 21.4. The van der Waals surface area contributed by atoms with Crippen LogP contribution in [0.15, 0.2) is 12.3 Å². The van der Waals surface area contributed by atoms with Crippen LogP contribution >= 0.6 is 7.82 Å².